The zero-order valence-electron chi connectivity index (χ0n) is 7.82. The number of carbonyl (C=O) groups is 4. The second-order valence-corrected chi connectivity index (χ2v) is 3.19. The van der Waals surface area contributed by atoms with E-state index in [2.05, 4.69) is 0 Å². The number of carboxylic acids is 1. The van der Waals surface area contributed by atoms with E-state index in [0.717, 1.165) is 0 Å². The first-order valence-electron chi connectivity index (χ1n) is 4.11. The molecule has 1 rings (SSSR count). The molecule has 1 aliphatic heterocycles. The van der Waals surface area contributed by atoms with Crippen molar-refractivity contribution < 1.29 is 28.7 Å². The molecule has 0 saturated carbocycles. The lowest BCUT2D eigenvalue weighted by atomic mass is 9.93. The van der Waals surface area contributed by atoms with Gasteiger partial charge in [-0.25, -0.2) is 9.18 Å². The monoisotopic (exact) mass is 233 g/mol. The van der Waals surface area contributed by atoms with Crippen molar-refractivity contribution in [1.29, 1.82) is 0 Å². The summed E-state index contributed by atoms with van der Waals surface area (Å²) < 4.78 is 13.8. The molecule has 8 nitrogen and oxygen atoms in total. The van der Waals surface area contributed by atoms with Crippen molar-refractivity contribution in [1.82, 2.24) is 10.6 Å². The number of carboxylic acid groups (broad SMARTS) is 1. The van der Waals surface area contributed by atoms with Crippen molar-refractivity contribution in [2.75, 3.05) is 0 Å². The Kier molecular flexibility index (Phi) is 2.90. The van der Waals surface area contributed by atoms with Crippen molar-refractivity contribution in [3.8, 4) is 0 Å². The standard InChI is InChI=1S/C7H8FN3O5/c8-7(1-2(9)3(12)13)4(14)10-6(16)11-5(7)15/h2H,1,9H2,(H,12,13)(H2,10,11,14,15,16)/t2-/m0/s1. The molecule has 0 aromatic carbocycles. The number of aliphatic carboxylic acids is 1. The van der Waals surface area contributed by atoms with Crippen molar-refractivity contribution in [2.24, 2.45) is 5.73 Å². The minimum Gasteiger partial charge on any atom is -0.480 e. The number of rotatable bonds is 3. The molecular weight excluding hydrogens is 225 g/mol. The third-order valence-corrected chi connectivity index (χ3v) is 1.99. The topological polar surface area (TPSA) is 139 Å². The van der Waals surface area contributed by atoms with Gasteiger partial charge in [-0.3, -0.25) is 25.0 Å². The van der Waals surface area contributed by atoms with Crippen molar-refractivity contribution >= 4 is 23.8 Å². The van der Waals surface area contributed by atoms with E-state index in [-0.39, 0.29) is 0 Å². The lowest BCUT2D eigenvalue weighted by molar-refractivity contribution is -0.149. The second kappa shape index (κ2) is 3.85. The molecular formula is C7H8FN3O5. The predicted octanol–water partition coefficient (Wildman–Crippen LogP) is -2.14. The first-order valence-corrected chi connectivity index (χ1v) is 4.11. The van der Waals surface area contributed by atoms with E-state index in [1.807, 2.05) is 0 Å². The van der Waals surface area contributed by atoms with Crippen LogP contribution in [0.5, 0.6) is 0 Å². The van der Waals surface area contributed by atoms with Crippen LogP contribution in [0.15, 0.2) is 0 Å². The Labute approximate surface area is 88.0 Å². The van der Waals surface area contributed by atoms with Crippen LogP contribution >= 0.6 is 0 Å². The molecule has 0 bridgehead atoms. The summed E-state index contributed by atoms with van der Waals surface area (Å²) in [6.45, 7) is 0. The fourth-order valence-electron chi connectivity index (χ4n) is 1.11. The van der Waals surface area contributed by atoms with Crippen LogP contribution < -0.4 is 16.4 Å². The number of imide groups is 2. The fourth-order valence-corrected chi connectivity index (χ4v) is 1.11. The second-order valence-electron chi connectivity index (χ2n) is 3.19. The molecule has 0 spiro atoms. The van der Waals surface area contributed by atoms with Crippen molar-refractivity contribution in [3.63, 3.8) is 0 Å². The molecule has 0 radical (unpaired) electrons. The van der Waals surface area contributed by atoms with Gasteiger partial charge < -0.3 is 10.8 Å². The summed E-state index contributed by atoms with van der Waals surface area (Å²) in [6, 6.07) is -2.89. The number of urea groups is 1. The van der Waals surface area contributed by atoms with Crippen LogP contribution in [0.4, 0.5) is 9.18 Å². The average Bonchev–Trinajstić information content (AvgIpc) is 2.14. The Morgan fingerprint density at radius 3 is 2.19 bits per heavy atom. The van der Waals surface area contributed by atoms with Crippen LogP contribution in [-0.4, -0.2) is 40.6 Å². The fraction of sp³-hybridized carbons (Fsp3) is 0.429. The summed E-state index contributed by atoms with van der Waals surface area (Å²) in [5.74, 6) is -4.59. The van der Waals surface area contributed by atoms with Crippen molar-refractivity contribution in [2.45, 2.75) is 18.1 Å². The zero-order chi connectivity index (χ0) is 12.5. The van der Waals surface area contributed by atoms with Gasteiger partial charge in [0, 0.05) is 6.42 Å². The van der Waals surface area contributed by atoms with Crippen molar-refractivity contribution in [3.05, 3.63) is 0 Å². The summed E-state index contributed by atoms with van der Waals surface area (Å²) in [7, 11) is 0. The third-order valence-electron chi connectivity index (χ3n) is 1.99. The van der Waals surface area contributed by atoms with Gasteiger partial charge in [-0.2, -0.15) is 0 Å². The molecule has 5 N–H and O–H groups in total. The van der Waals surface area contributed by atoms with Crippen LogP contribution in [0.1, 0.15) is 6.42 Å². The summed E-state index contributed by atoms with van der Waals surface area (Å²) in [6.07, 6.45) is -1.05. The molecule has 1 atom stereocenters. The molecule has 0 unspecified atom stereocenters. The highest BCUT2D eigenvalue weighted by molar-refractivity contribution is 6.21. The number of amides is 4. The predicted molar refractivity (Wildman–Crippen MR) is 45.7 cm³/mol. The van der Waals surface area contributed by atoms with Gasteiger partial charge in [-0.1, -0.05) is 0 Å². The molecule has 9 heteroatoms. The smallest absolute Gasteiger partial charge is 0.328 e. The van der Waals surface area contributed by atoms with Crippen LogP contribution in [0.2, 0.25) is 0 Å². The van der Waals surface area contributed by atoms with Crippen LogP contribution in [0.25, 0.3) is 0 Å². The first kappa shape index (κ1) is 12.0. The number of nitrogens with one attached hydrogen (secondary N) is 2. The largest absolute Gasteiger partial charge is 0.480 e. The van der Waals surface area contributed by atoms with Gasteiger partial charge in [0.25, 0.3) is 17.5 Å². The maximum Gasteiger partial charge on any atom is 0.328 e. The highest BCUT2D eigenvalue weighted by Crippen LogP contribution is 2.21. The number of barbiturate groups is 1. The van der Waals surface area contributed by atoms with Gasteiger partial charge in [0.2, 0.25) is 0 Å². The van der Waals surface area contributed by atoms with E-state index >= 15 is 0 Å². The zero-order valence-corrected chi connectivity index (χ0v) is 7.82. The Balaban J connectivity index is 2.90. The quantitative estimate of drug-likeness (QED) is 0.410. The molecule has 0 aliphatic carbocycles. The lowest BCUT2D eigenvalue weighted by Crippen LogP contribution is -2.66. The number of alkyl halides is 1. The van der Waals surface area contributed by atoms with Crippen LogP contribution in [0, 0.1) is 0 Å². The molecule has 1 saturated heterocycles. The van der Waals surface area contributed by atoms with E-state index in [0.29, 0.717) is 0 Å². The summed E-state index contributed by atoms with van der Waals surface area (Å²) in [4.78, 5) is 43.1. The molecule has 1 heterocycles. The molecule has 0 aromatic rings. The van der Waals surface area contributed by atoms with E-state index in [9.17, 15) is 23.6 Å². The summed E-state index contributed by atoms with van der Waals surface area (Å²) in [5.41, 5.74) is 1.86. The van der Waals surface area contributed by atoms with Crippen LogP contribution in [-0.2, 0) is 14.4 Å². The molecule has 16 heavy (non-hydrogen) atoms. The number of nitrogens with two attached hydrogens (primary N) is 1. The maximum absolute atomic E-state index is 13.8. The van der Waals surface area contributed by atoms with E-state index < -0.39 is 41.9 Å². The Morgan fingerprint density at radius 1 is 1.38 bits per heavy atom. The molecule has 1 aliphatic rings. The van der Waals surface area contributed by atoms with E-state index in [4.69, 9.17) is 10.8 Å². The minimum atomic E-state index is -3.15. The van der Waals surface area contributed by atoms with E-state index in [1.54, 1.807) is 0 Å². The normalized spacial score (nSPS) is 21.0. The highest BCUT2D eigenvalue weighted by atomic mass is 19.1. The molecule has 1 fully saturated rings. The number of halogens is 1. The molecule has 4 amide bonds. The van der Waals surface area contributed by atoms with Crippen LogP contribution in [0.3, 0.4) is 0 Å². The number of carbonyl (C=O) groups excluding carboxylic acids is 3. The molecule has 88 valence electrons. The average molecular weight is 233 g/mol. The lowest BCUT2D eigenvalue weighted by Gasteiger charge is -2.27. The SMILES string of the molecule is N[C@@H](CC1(F)C(=O)NC(=O)NC1=O)C(=O)O. The van der Waals surface area contributed by atoms with Gasteiger partial charge in [0.15, 0.2) is 0 Å². The summed E-state index contributed by atoms with van der Waals surface area (Å²) in [5, 5.41) is 11.5. The Morgan fingerprint density at radius 2 is 1.81 bits per heavy atom. The minimum absolute atomic E-state index is 1.05. The summed E-state index contributed by atoms with van der Waals surface area (Å²) >= 11 is 0. The maximum atomic E-state index is 13.8. The van der Waals surface area contributed by atoms with Gasteiger partial charge in [-0.05, 0) is 0 Å². The number of hydrogen-bond acceptors (Lipinski definition) is 5. The van der Waals surface area contributed by atoms with Gasteiger partial charge >= 0.3 is 12.0 Å². The first-order chi connectivity index (χ1) is 7.27. The van der Waals surface area contributed by atoms with E-state index in [1.165, 1.54) is 10.6 Å². The van der Waals surface area contributed by atoms with Gasteiger partial charge in [-0.15, -0.1) is 0 Å². The van der Waals surface area contributed by atoms with Gasteiger partial charge in [0.05, 0.1) is 0 Å². The Hall–Kier alpha value is -2.03. The van der Waals surface area contributed by atoms with Gasteiger partial charge in [0.1, 0.15) is 6.04 Å². The Bertz CT molecular complexity index is 362. The molecule has 0 aromatic heterocycles. The highest BCUT2D eigenvalue weighted by Gasteiger charge is 2.52. The third kappa shape index (κ3) is 1.98. The number of hydrogen-bond donors (Lipinski definition) is 4.